The van der Waals surface area contributed by atoms with Gasteiger partial charge in [0, 0.05) is 5.69 Å². The number of halogens is 1. The van der Waals surface area contributed by atoms with E-state index in [9.17, 15) is 9.18 Å². The molecule has 0 fully saturated rings. The molecule has 0 spiro atoms. The monoisotopic (exact) mass is 221 g/mol. The molecule has 4 nitrogen and oxygen atoms in total. The van der Waals surface area contributed by atoms with Crippen molar-refractivity contribution >= 4 is 11.6 Å². The van der Waals surface area contributed by atoms with E-state index in [0.717, 1.165) is 6.07 Å². The Morgan fingerprint density at radius 2 is 2.38 bits per heavy atom. The number of benzene rings is 1. The van der Waals surface area contributed by atoms with Crippen molar-refractivity contribution in [2.75, 3.05) is 5.32 Å². The van der Waals surface area contributed by atoms with Crippen LogP contribution in [0, 0.1) is 17.1 Å². The summed E-state index contributed by atoms with van der Waals surface area (Å²) in [5.74, 6) is -0.960. The molecule has 0 radical (unpaired) electrons. The third-order valence-electron chi connectivity index (χ3n) is 2.13. The van der Waals surface area contributed by atoms with Crippen LogP contribution in [0.2, 0.25) is 0 Å². The second-order valence-electron chi connectivity index (χ2n) is 3.31. The van der Waals surface area contributed by atoms with Crippen LogP contribution in [0.3, 0.4) is 0 Å². The van der Waals surface area contributed by atoms with E-state index in [2.05, 4.69) is 5.32 Å². The first kappa shape index (κ1) is 12.1. The van der Waals surface area contributed by atoms with Gasteiger partial charge in [0.1, 0.15) is 11.9 Å². The molecule has 0 aliphatic carbocycles. The molecule has 0 heterocycles. The first-order valence-corrected chi connectivity index (χ1v) is 4.84. The molecule has 1 aromatic carbocycles. The zero-order valence-electron chi connectivity index (χ0n) is 8.83. The van der Waals surface area contributed by atoms with Crippen LogP contribution in [0.1, 0.15) is 18.9 Å². The summed E-state index contributed by atoms with van der Waals surface area (Å²) >= 11 is 0. The maximum Gasteiger partial charge on any atom is 0.241 e. The highest BCUT2D eigenvalue weighted by atomic mass is 19.1. The van der Waals surface area contributed by atoms with E-state index in [4.69, 9.17) is 11.0 Å². The molecule has 16 heavy (non-hydrogen) atoms. The number of anilines is 1. The molecule has 0 aliphatic rings. The maximum atomic E-state index is 13.0. The van der Waals surface area contributed by atoms with Gasteiger partial charge >= 0.3 is 0 Å². The largest absolute Gasteiger partial charge is 0.325 e. The highest BCUT2D eigenvalue weighted by Crippen LogP contribution is 2.14. The Bertz CT molecular complexity index is 439. The van der Waals surface area contributed by atoms with Crippen molar-refractivity contribution in [2.24, 2.45) is 5.73 Å². The molecule has 0 unspecified atom stereocenters. The van der Waals surface area contributed by atoms with Crippen molar-refractivity contribution in [3.05, 3.63) is 29.6 Å². The van der Waals surface area contributed by atoms with E-state index < -0.39 is 11.9 Å². The third kappa shape index (κ3) is 2.78. The van der Waals surface area contributed by atoms with Gasteiger partial charge in [-0.15, -0.1) is 0 Å². The van der Waals surface area contributed by atoms with Crippen molar-refractivity contribution in [1.82, 2.24) is 0 Å². The Labute approximate surface area is 92.9 Å². The van der Waals surface area contributed by atoms with Crippen molar-refractivity contribution in [3.63, 3.8) is 0 Å². The number of nitriles is 1. The fourth-order valence-electron chi connectivity index (χ4n) is 1.11. The second kappa shape index (κ2) is 5.24. The average molecular weight is 221 g/mol. The number of nitrogens with one attached hydrogen (secondary N) is 1. The number of nitrogens with zero attached hydrogens (tertiary/aromatic N) is 1. The number of nitrogens with two attached hydrogens (primary N) is 1. The number of carbonyl (C=O) groups excluding carboxylic acids is 1. The molecular formula is C11H12FN3O. The zero-order valence-corrected chi connectivity index (χ0v) is 8.83. The standard InChI is InChI=1S/C11H12FN3O/c1-2-10(14)11(16)15-8-3-4-9(12)7(5-8)6-13/h3-5,10H,2,14H2,1H3,(H,15,16)/t10-/m0/s1. The lowest BCUT2D eigenvalue weighted by Gasteiger charge is -2.10. The summed E-state index contributed by atoms with van der Waals surface area (Å²) in [5.41, 5.74) is 5.77. The lowest BCUT2D eigenvalue weighted by Crippen LogP contribution is -2.34. The molecule has 0 bridgehead atoms. The Morgan fingerprint density at radius 1 is 1.69 bits per heavy atom. The second-order valence-corrected chi connectivity index (χ2v) is 3.31. The Kier molecular flexibility index (Phi) is 3.97. The zero-order chi connectivity index (χ0) is 12.1. The van der Waals surface area contributed by atoms with Crippen LogP contribution in [0.15, 0.2) is 18.2 Å². The molecular weight excluding hydrogens is 209 g/mol. The van der Waals surface area contributed by atoms with Gasteiger partial charge in [0.15, 0.2) is 0 Å². The van der Waals surface area contributed by atoms with E-state index in [1.165, 1.54) is 12.1 Å². The minimum atomic E-state index is -0.611. The predicted octanol–water partition coefficient (Wildman–Crippen LogP) is 1.37. The van der Waals surface area contributed by atoms with E-state index in [1.54, 1.807) is 13.0 Å². The smallest absolute Gasteiger partial charge is 0.241 e. The van der Waals surface area contributed by atoms with Crippen LogP contribution >= 0.6 is 0 Å². The molecule has 1 amide bonds. The number of rotatable bonds is 3. The van der Waals surface area contributed by atoms with E-state index in [1.807, 2.05) is 0 Å². The number of hydrogen-bond donors (Lipinski definition) is 2. The van der Waals surface area contributed by atoms with Gasteiger partial charge in [-0.05, 0) is 24.6 Å². The third-order valence-corrected chi connectivity index (χ3v) is 2.13. The van der Waals surface area contributed by atoms with Crippen LogP contribution in [0.5, 0.6) is 0 Å². The first-order valence-electron chi connectivity index (χ1n) is 4.84. The van der Waals surface area contributed by atoms with Crippen molar-refractivity contribution < 1.29 is 9.18 Å². The number of hydrogen-bond acceptors (Lipinski definition) is 3. The van der Waals surface area contributed by atoms with Gasteiger partial charge in [-0.1, -0.05) is 6.92 Å². The van der Waals surface area contributed by atoms with Gasteiger partial charge in [-0.25, -0.2) is 4.39 Å². The SMILES string of the molecule is CC[C@H](N)C(=O)Nc1ccc(F)c(C#N)c1. The van der Waals surface area contributed by atoms with Gasteiger partial charge in [-0.2, -0.15) is 5.26 Å². The maximum absolute atomic E-state index is 13.0. The highest BCUT2D eigenvalue weighted by molar-refractivity contribution is 5.94. The quantitative estimate of drug-likeness (QED) is 0.809. The summed E-state index contributed by atoms with van der Waals surface area (Å²) in [7, 11) is 0. The van der Waals surface area contributed by atoms with Gasteiger partial charge in [0.2, 0.25) is 5.91 Å². The van der Waals surface area contributed by atoms with E-state index >= 15 is 0 Å². The molecule has 0 saturated heterocycles. The fraction of sp³-hybridized carbons (Fsp3) is 0.273. The van der Waals surface area contributed by atoms with Crippen LogP contribution in [0.25, 0.3) is 0 Å². The van der Waals surface area contributed by atoms with Crippen molar-refractivity contribution in [1.29, 1.82) is 5.26 Å². The van der Waals surface area contributed by atoms with E-state index in [-0.39, 0.29) is 11.5 Å². The lowest BCUT2D eigenvalue weighted by molar-refractivity contribution is -0.117. The molecule has 3 N–H and O–H groups in total. The van der Waals surface area contributed by atoms with Crippen molar-refractivity contribution in [3.8, 4) is 6.07 Å². The van der Waals surface area contributed by atoms with Crippen LogP contribution < -0.4 is 11.1 Å². The van der Waals surface area contributed by atoms with E-state index in [0.29, 0.717) is 12.1 Å². The summed E-state index contributed by atoms with van der Waals surface area (Å²) in [6, 6.07) is 4.88. The topological polar surface area (TPSA) is 78.9 Å². The van der Waals surface area contributed by atoms with Gasteiger partial charge in [0.25, 0.3) is 0 Å². The molecule has 0 aliphatic heterocycles. The van der Waals surface area contributed by atoms with Crippen molar-refractivity contribution in [2.45, 2.75) is 19.4 Å². The molecule has 0 aromatic heterocycles. The normalized spacial score (nSPS) is 11.6. The van der Waals surface area contributed by atoms with Gasteiger partial charge < -0.3 is 11.1 Å². The Hall–Kier alpha value is -1.93. The molecule has 0 saturated carbocycles. The fourth-order valence-corrected chi connectivity index (χ4v) is 1.11. The van der Waals surface area contributed by atoms with Crippen LogP contribution in [-0.4, -0.2) is 11.9 Å². The highest BCUT2D eigenvalue weighted by Gasteiger charge is 2.11. The number of carbonyl (C=O) groups is 1. The Balaban J connectivity index is 2.83. The number of amides is 1. The Morgan fingerprint density at radius 3 is 2.94 bits per heavy atom. The predicted molar refractivity (Wildman–Crippen MR) is 58.0 cm³/mol. The van der Waals surface area contributed by atoms with Crippen LogP contribution in [0.4, 0.5) is 10.1 Å². The molecule has 5 heteroatoms. The molecule has 1 aromatic rings. The van der Waals surface area contributed by atoms with Crippen LogP contribution in [-0.2, 0) is 4.79 Å². The van der Waals surface area contributed by atoms with Gasteiger partial charge in [0.05, 0.1) is 11.6 Å². The minimum absolute atomic E-state index is 0.108. The summed E-state index contributed by atoms with van der Waals surface area (Å²) < 4.78 is 13.0. The summed E-state index contributed by atoms with van der Waals surface area (Å²) in [6.07, 6.45) is 0.512. The molecule has 84 valence electrons. The molecule has 1 atom stereocenters. The lowest BCUT2D eigenvalue weighted by atomic mass is 10.2. The first-order chi connectivity index (χ1) is 7.58. The molecule has 1 rings (SSSR count). The van der Waals surface area contributed by atoms with Gasteiger partial charge in [-0.3, -0.25) is 4.79 Å². The average Bonchev–Trinajstić information content (AvgIpc) is 2.30. The minimum Gasteiger partial charge on any atom is -0.325 e. The summed E-state index contributed by atoms with van der Waals surface area (Å²) in [4.78, 5) is 11.4. The summed E-state index contributed by atoms with van der Waals surface area (Å²) in [5, 5.41) is 11.1. The summed E-state index contributed by atoms with van der Waals surface area (Å²) in [6.45, 7) is 1.79.